The second kappa shape index (κ2) is 13.6. The summed E-state index contributed by atoms with van der Waals surface area (Å²) in [4.78, 5) is 27.6. The maximum Gasteiger partial charge on any atom is 0.247 e. The number of rotatable bonds is 11. The van der Waals surface area contributed by atoms with Crippen molar-refractivity contribution in [2.45, 2.75) is 44.4 Å². The number of benzene rings is 2. The lowest BCUT2D eigenvalue weighted by Crippen LogP contribution is -2.55. The highest BCUT2D eigenvalue weighted by Gasteiger charge is 2.40. The lowest BCUT2D eigenvalue weighted by molar-refractivity contribution is -0.138. The van der Waals surface area contributed by atoms with E-state index in [1.54, 1.807) is 31.1 Å². The van der Waals surface area contributed by atoms with E-state index < -0.39 is 18.2 Å². The molecule has 194 valence electrons. The molecule has 3 unspecified atom stereocenters. The van der Waals surface area contributed by atoms with Crippen molar-refractivity contribution in [2.24, 2.45) is 0 Å². The maximum absolute atomic E-state index is 13.1. The van der Waals surface area contributed by atoms with Crippen molar-refractivity contribution in [3.63, 3.8) is 0 Å². The number of hydrogen-bond acceptors (Lipinski definition) is 6. The molecule has 0 saturated heterocycles. The fraction of sp³-hybridized carbons (Fsp3) is 0.407. The first kappa shape index (κ1) is 27.9. The van der Waals surface area contributed by atoms with Gasteiger partial charge in [-0.3, -0.25) is 9.59 Å². The molecule has 3 atom stereocenters. The van der Waals surface area contributed by atoms with Gasteiger partial charge in [0, 0.05) is 31.5 Å². The number of aliphatic hydroxyl groups excluding tert-OH is 2. The molecule has 8 nitrogen and oxygen atoms in total. The molecule has 3 N–H and O–H groups in total. The fourth-order valence-electron chi connectivity index (χ4n) is 4.22. The number of carbonyl (C=O) groups excluding carboxylic acids is 2. The van der Waals surface area contributed by atoms with Crippen molar-refractivity contribution in [1.82, 2.24) is 10.2 Å². The van der Waals surface area contributed by atoms with Gasteiger partial charge in [-0.15, -0.1) is 0 Å². The van der Waals surface area contributed by atoms with Crippen molar-refractivity contribution in [3.05, 3.63) is 69.3 Å². The first-order chi connectivity index (χ1) is 17.4. The summed E-state index contributed by atoms with van der Waals surface area (Å²) < 4.78 is 12.3. The number of nitrogens with one attached hydrogen (secondary N) is 1. The predicted octanol–water partition coefficient (Wildman–Crippen LogP) is 2.70. The van der Waals surface area contributed by atoms with Gasteiger partial charge in [0.2, 0.25) is 11.8 Å². The zero-order chi connectivity index (χ0) is 26.1. The number of aliphatic hydroxyl groups is 2. The number of ether oxygens (including phenoxy) is 2. The van der Waals surface area contributed by atoms with E-state index in [4.69, 9.17) is 14.6 Å². The first-order valence-electron chi connectivity index (χ1n) is 12.0. The van der Waals surface area contributed by atoms with Crippen LogP contribution < -0.4 is 14.8 Å². The minimum atomic E-state index is -1.05. The monoisotopic (exact) mass is 608 g/mol. The van der Waals surface area contributed by atoms with E-state index in [9.17, 15) is 14.7 Å². The Hall–Kier alpha value is -2.63. The second-order valence-electron chi connectivity index (χ2n) is 8.49. The molecule has 0 heterocycles. The molecule has 2 aromatic rings. The van der Waals surface area contributed by atoms with Crippen LogP contribution in [0, 0.1) is 3.57 Å². The van der Waals surface area contributed by atoms with Gasteiger partial charge in [0.1, 0.15) is 23.7 Å². The quantitative estimate of drug-likeness (QED) is 0.339. The highest BCUT2D eigenvalue weighted by Crippen LogP contribution is 2.30. The van der Waals surface area contributed by atoms with Gasteiger partial charge in [0.25, 0.3) is 0 Å². The van der Waals surface area contributed by atoms with Gasteiger partial charge in [-0.25, -0.2) is 0 Å². The molecule has 0 spiro atoms. The van der Waals surface area contributed by atoms with Gasteiger partial charge in [-0.05, 0) is 64.9 Å². The third kappa shape index (κ3) is 7.21. The normalized spacial score (nSPS) is 19.2. The van der Waals surface area contributed by atoms with Gasteiger partial charge in [-0.2, -0.15) is 0 Å². The largest absolute Gasteiger partial charge is 0.497 e. The van der Waals surface area contributed by atoms with Gasteiger partial charge in [0.05, 0.1) is 23.3 Å². The summed E-state index contributed by atoms with van der Waals surface area (Å²) in [5, 5.41) is 23.2. The topological polar surface area (TPSA) is 108 Å². The zero-order valence-electron chi connectivity index (χ0n) is 20.5. The number of para-hydroxylation sites is 1. The van der Waals surface area contributed by atoms with E-state index in [1.807, 2.05) is 42.5 Å². The highest BCUT2D eigenvalue weighted by molar-refractivity contribution is 14.1. The maximum atomic E-state index is 13.1. The van der Waals surface area contributed by atoms with Crippen molar-refractivity contribution in [1.29, 1.82) is 0 Å². The molecule has 0 fully saturated rings. The summed E-state index contributed by atoms with van der Waals surface area (Å²) in [6.45, 7) is 2.07. The molecule has 0 aliphatic heterocycles. The average molecular weight is 608 g/mol. The molecule has 9 heteroatoms. The SMILES string of the molecule is CCC(=O)N(CCc1cccc(OC)c1)C1CC(C(=O)NCCO)=CC(Oc2ccccc2I)C1O. The summed E-state index contributed by atoms with van der Waals surface area (Å²) in [6.07, 6.45) is 0.736. The molecule has 1 aliphatic carbocycles. The Balaban J connectivity index is 1.89. The molecule has 2 amide bonds. The van der Waals surface area contributed by atoms with Crippen LogP contribution in [0.4, 0.5) is 0 Å². The van der Waals surface area contributed by atoms with Crippen molar-refractivity contribution in [2.75, 3.05) is 26.8 Å². The van der Waals surface area contributed by atoms with Gasteiger partial charge < -0.3 is 29.9 Å². The van der Waals surface area contributed by atoms with Gasteiger partial charge in [0.15, 0.2) is 0 Å². The van der Waals surface area contributed by atoms with Gasteiger partial charge >= 0.3 is 0 Å². The Morgan fingerprint density at radius 2 is 1.97 bits per heavy atom. The number of halogens is 1. The number of nitrogens with zero attached hydrogens (tertiary/aromatic N) is 1. The lowest BCUT2D eigenvalue weighted by Gasteiger charge is -2.40. The molecule has 1 aliphatic rings. The highest BCUT2D eigenvalue weighted by atomic mass is 127. The van der Waals surface area contributed by atoms with Crippen LogP contribution in [0.15, 0.2) is 60.2 Å². The minimum Gasteiger partial charge on any atom is -0.497 e. The van der Waals surface area contributed by atoms with Crippen molar-refractivity contribution in [3.8, 4) is 11.5 Å². The van der Waals surface area contributed by atoms with Crippen LogP contribution in [0.1, 0.15) is 25.3 Å². The molecule has 3 rings (SSSR count). The van der Waals surface area contributed by atoms with Crippen LogP contribution in [0.5, 0.6) is 11.5 Å². The third-order valence-corrected chi connectivity index (χ3v) is 7.00. The van der Waals surface area contributed by atoms with E-state index in [-0.39, 0.29) is 37.8 Å². The number of hydrogen-bond donors (Lipinski definition) is 3. The summed E-state index contributed by atoms with van der Waals surface area (Å²) in [6, 6.07) is 14.4. The first-order valence-corrected chi connectivity index (χ1v) is 13.1. The van der Waals surface area contributed by atoms with Crippen LogP contribution in [-0.4, -0.2) is 72.0 Å². The molecule has 0 radical (unpaired) electrons. The van der Waals surface area contributed by atoms with E-state index >= 15 is 0 Å². The Morgan fingerprint density at radius 3 is 2.67 bits per heavy atom. The Bertz CT molecular complexity index is 1080. The summed E-state index contributed by atoms with van der Waals surface area (Å²) >= 11 is 2.15. The zero-order valence-corrected chi connectivity index (χ0v) is 22.7. The second-order valence-corrected chi connectivity index (χ2v) is 9.65. The summed E-state index contributed by atoms with van der Waals surface area (Å²) in [7, 11) is 1.61. The van der Waals surface area contributed by atoms with Crippen LogP contribution in [-0.2, 0) is 16.0 Å². The summed E-state index contributed by atoms with van der Waals surface area (Å²) in [5.74, 6) is 0.843. The molecule has 0 bridgehead atoms. The Kier molecular flexibility index (Phi) is 10.6. The lowest BCUT2D eigenvalue weighted by atomic mass is 9.87. The van der Waals surface area contributed by atoms with Crippen molar-refractivity contribution < 1.29 is 29.3 Å². The molecule has 0 aromatic heterocycles. The molecular weight excluding hydrogens is 575 g/mol. The molecule has 2 aromatic carbocycles. The number of carbonyl (C=O) groups is 2. The minimum absolute atomic E-state index is 0.110. The predicted molar refractivity (Wildman–Crippen MR) is 145 cm³/mol. The van der Waals surface area contributed by atoms with Crippen LogP contribution >= 0.6 is 22.6 Å². The third-order valence-electron chi connectivity index (χ3n) is 6.11. The van der Waals surface area contributed by atoms with E-state index in [2.05, 4.69) is 27.9 Å². The Labute approximate surface area is 225 Å². The summed E-state index contributed by atoms with van der Waals surface area (Å²) in [5.41, 5.74) is 1.40. The fourth-order valence-corrected chi connectivity index (χ4v) is 4.74. The van der Waals surface area contributed by atoms with Crippen LogP contribution in [0.3, 0.4) is 0 Å². The smallest absolute Gasteiger partial charge is 0.247 e. The number of amides is 2. The van der Waals surface area contributed by atoms with E-state index in [0.717, 1.165) is 14.9 Å². The number of methoxy groups -OCH3 is 1. The van der Waals surface area contributed by atoms with Gasteiger partial charge in [-0.1, -0.05) is 31.2 Å². The van der Waals surface area contributed by atoms with E-state index in [0.29, 0.717) is 24.3 Å². The molecule has 36 heavy (non-hydrogen) atoms. The van der Waals surface area contributed by atoms with Crippen molar-refractivity contribution >= 4 is 34.4 Å². The average Bonchev–Trinajstić information content (AvgIpc) is 2.90. The van der Waals surface area contributed by atoms with E-state index in [1.165, 1.54) is 0 Å². The van der Waals surface area contributed by atoms with Crippen LogP contribution in [0.25, 0.3) is 0 Å². The molecular formula is C27H33IN2O6. The standard InChI is InChI=1S/C27H33IN2O6/c1-3-25(32)30(13-11-18-7-6-8-20(15-18)35-2)22-16-19(27(34)29-12-14-31)17-24(26(22)33)36-23-10-5-4-9-21(23)28/h4-10,15,17,22,24,26,31,33H,3,11-14,16H2,1-2H3,(H,29,34). The Morgan fingerprint density at radius 1 is 1.19 bits per heavy atom. The van der Waals surface area contributed by atoms with Crippen LogP contribution in [0.2, 0.25) is 0 Å². The molecule has 0 saturated carbocycles.